The van der Waals surface area contributed by atoms with E-state index in [4.69, 9.17) is 9.47 Å². The highest BCUT2D eigenvalue weighted by Gasteiger charge is 2.05. The molecule has 1 atom stereocenters. The molecule has 0 radical (unpaired) electrons. The maximum atomic E-state index is 11.4. The Morgan fingerprint density at radius 2 is 2.05 bits per heavy atom. The van der Waals surface area contributed by atoms with E-state index in [1.807, 2.05) is 6.92 Å². The molecule has 0 aliphatic heterocycles. The van der Waals surface area contributed by atoms with Crippen molar-refractivity contribution < 1.29 is 19.4 Å². The third-order valence-electron chi connectivity index (χ3n) is 2.65. The van der Waals surface area contributed by atoms with E-state index in [1.165, 1.54) is 0 Å². The molecule has 1 aromatic carbocycles. The molecule has 5 nitrogen and oxygen atoms in total. The minimum atomic E-state index is -0.452. The van der Waals surface area contributed by atoms with E-state index in [0.29, 0.717) is 25.3 Å². The van der Waals surface area contributed by atoms with Gasteiger partial charge in [0.05, 0.1) is 12.7 Å². The first kappa shape index (κ1) is 15.5. The highest BCUT2D eigenvalue weighted by Crippen LogP contribution is 2.19. The van der Waals surface area contributed by atoms with Crippen LogP contribution in [0, 0.1) is 0 Å². The Morgan fingerprint density at radius 3 is 2.63 bits per heavy atom. The fourth-order valence-corrected chi connectivity index (χ4v) is 1.51. The van der Waals surface area contributed by atoms with Gasteiger partial charge >= 0.3 is 0 Å². The molecule has 106 valence electrons. The largest absolute Gasteiger partial charge is 0.484 e. The van der Waals surface area contributed by atoms with E-state index >= 15 is 0 Å². The van der Waals surface area contributed by atoms with E-state index in [-0.39, 0.29) is 12.5 Å². The zero-order chi connectivity index (χ0) is 14.1. The Bertz CT molecular complexity index is 378. The molecule has 0 spiro atoms. The summed E-state index contributed by atoms with van der Waals surface area (Å²) in [6.07, 6.45) is 0.216. The molecule has 0 aliphatic carbocycles. The minimum absolute atomic E-state index is 0.0284. The molecule has 2 N–H and O–H groups in total. The Morgan fingerprint density at radius 1 is 1.37 bits per heavy atom. The van der Waals surface area contributed by atoms with Gasteiger partial charge in [-0.3, -0.25) is 4.79 Å². The summed E-state index contributed by atoms with van der Waals surface area (Å²) < 4.78 is 10.2. The van der Waals surface area contributed by atoms with Crippen LogP contribution in [0.4, 0.5) is 0 Å². The smallest absolute Gasteiger partial charge is 0.258 e. The van der Waals surface area contributed by atoms with Crippen LogP contribution < -0.4 is 10.1 Å². The van der Waals surface area contributed by atoms with Crippen molar-refractivity contribution in [2.75, 3.05) is 26.9 Å². The summed E-state index contributed by atoms with van der Waals surface area (Å²) in [5.74, 6) is 0.420. The summed E-state index contributed by atoms with van der Waals surface area (Å²) >= 11 is 0. The number of hydrogen-bond donors (Lipinski definition) is 2. The van der Waals surface area contributed by atoms with Gasteiger partial charge in [-0.05, 0) is 24.1 Å². The first-order chi connectivity index (χ1) is 9.17. The molecule has 1 aromatic rings. The first-order valence-electron chi connectivity index (χ1n) is 6.33. The average Bonchev–Trinajstić information content (AvgIpc) is 2.45. The number of aliphatic hydroxyl groups is 1. The lowest BCUT2D eigenvalue weighted by Crippen LogP contribution is -2.31. The number of carbonyl (C=O) groups excluding carboxylic acids is 1. The van der Waals surface area contributed by atoms with E-state index in [9.17, 15) is 9.90 Å². The van der Waals surface area contributed by atoms with Crippen molar-refractivity contribution in [2.45, 2.75) is 19.4 Å². The van der Waals surface area contributed by atoms with Crippen LogP contribution in [-0.4, -0.2) is 37.9 Å². The van der Waals surface area contributed by atoms with Crippen molar-refractivity contribution in [3.8, 4) is 5.75 Å². The Balaban J connectivity index is 2.35. The third kappa shape index (κ3) is 5.72. The number of amides is 1. The Labute approximate surface area is 113 Å². The number of aliphatic hydroxyl groups excluding tert-OH is 1. The van der Waals surface area contributed by atoms with Gasteiger partial charge in [0.2, 0.25) is 0 Å². The SMILES string of the molecule is CC[C@H](O)c1ccc(OCC(=O)NCCOC)cc1. The van der Waals surface area contributed by atoms with Gasteiger partial charge in [0.25, 0.3) is 5.91 Å². The first-order valence-corrected chi connectivity index (χ1v) is 6.33. The average molecular weight is 267 g/mol. The minimum Gasteiger partial charge on any atom is -0.484 e. The van der Waals surface area contributed by atoms with Crippen LogP contribution in [-0.2, 0) is 9.53 Å². The zero-order valence-corrected chi connectivity index (χ0v) is 11.4. The normalized spacial score (nSPS) is 11.9. The molecule has 0 fully saturated rings. The van der Waals surface area contributed by atoms with Crippen LogP contribution in [0.15, 0.2) is 24.3 Å². The van der Waals surface area contributed by atoms with Gasteiger partial charge in [-0.2, -0.15) is 0 Å². The van der Waals surface area contributed by atoms with E-state index in [0.717, 1.165) is 5.56 Å². The highest BCUT2D eigenvalue weighted by atomic mass is 16.5. The number of rotatable bonds is 8. The van der Waals surface area contributed by atoms with Gasteiger partial charge in [-0.15, -0.1) is 0 Å². The van der Waals surface area contributed by atoms with Crippen LogP contribution in [0.5, 0.6) is 5.75 Å². The van der Waals surface area contributed by atoms with Crippen LogP contribution in [0.3, 0.4) is 0 Å². The Kier molecular flexibility index (Phi) is 6.92. The molecule has 0 heterocycles. The standard InChI is InChI=1S/C14H21NO4/c1-3-13(16)11-4-6-12(7-5-11)19-10-14(17)15-8-9-18-2/h4-7,13,16H,3,8-10H2,1-2H3,(H,15,17)/t13-/m0/s1. The maximum absolute atomic E-state index is 11.4. The topological polar surface area (TPSA) is 67.8 Å². The van der Waals surface area contributed by atoms with Gasteiger partial charge in [0, 0.05) is 13.7 Å². The van der Waals surface area contributed by atoms with Gasteiger partial charge < -0.3 is 19.9 Å². The molecule has 1 amide bonds. The monoisotopic (exact) mass is 267 g/mol. The lowest BCUT2D eigenvalue weighted by atomic mass is 10.1. The second kappa shape index (κ2) is 8.50. The van der Waals surface area contributed by atoms with Crippen LogP contribution in [0.25, 0.3) is 0 Å². The van der Waals surface area contributed by atoms with Crippen molar-refractivity contribution >= 4 is 5.91 Å². The summed E-state index contributed by atoms with van der Waals surface area (Å²) in [4.78, 5) is 11.4. The molecular formula is C14H21NO4. The van der Waals surface area contributed by atoms with Crippen LogP contribution >= 0.6 is 0 Å². The zero-order valence-electron chi connectivity index (χ0n) is 11.4. The molecule has 5 heteroatoms. The van der Waals surface area contributed by atoms with E-state index in [1.54, 1.807) is 31.4 Å². The van der Waals surface area contributed by atoms with Gasteiger partial charge in [-0.25, -0.2) is 0 Å². The number of benzene rings is 1. The number of nitrogens with one attached hydrogen (secondary N) is 1. The van der Waals surface area contributed by atoms with Crippen molar-refractivity contribution in [1.29, 1.82) is 0 Å². The Hall–Kier alpha value is -1.59. The molecular weight excluding hydrogens is 246 g/mol. The fraction of sp³-hybridized carbons (Fsp3) is 0.500. The molecule has 1 rings (SSSR count). The lowest BCUT2D eigenvalue weighted by molar-refractivity contribution is -0.123. The molecule has 0 aliphatic rings. The number of ether oxygens (including phenoxy) is 2. The van der Waals surface area contributed by atoms with Gasteiger partial charge in [0.15, 0.2) is 6.61 Å². The van der Waals surface area contributed by atoms with Crippen molar-refractivity contribution in [1.82, 2.24) is 5.32 Å². The van der Waals surface area contributed by atoms with Crippen molar-refractivity contribution in [3.63, 3.8) is 0 Å². The van der Waals surface area contributed by atoms with Crippen molar-refractivity contribution in [3.05, 3.63) is 29.8 Å². The maximum Gasteiger partial charge on any atom is 0.258 e. The van der Waals surface area contributed by atoms with E-state index < -0.39 is 6.10 Å². The molecule has 0 unspecified atom stereocenters. The molecule has 0 aromatic heterocycles. The summed E-state index contributed by atoms with van der Waals surface area (Å²) in [6.45, 7) is 2.84. The van der Waals surface area contributed by atoms with Crippen molar-refractivity contribution in [2.24, 2.45) is 0 Å². The summed E-state index contributed by atoms with van der Waals surface area (Å²) in [5.41, 5.74) is 0.847. The molecule has 19 heavy (non-hydrogen) atoms. The molecule has 0 saturated carbocycles. The quantitative estimate of drug-likeness (QED) is 0.696. The second-order valence-electron chi connectivity index (χ2n) is 4.12. The van der Waals surface area contributed by atoms with Crippen LogP contribution in [0.2, 0.25) is 0 Å². The second-order valence-corrected chi connectivity index (χ2v) is 4.12. The summed E-state index contributed by atoms with van der Waals surface area (Å²) in [6, 6.07) is 7.09. The van der Waals surface area contributed by atoms with Gasteiger partial charge in [0.1, 0.15) is 5.75 Å². The molecule has 0 bridgehead atoms. The molecule has 0 saturated heterocycles. The number of hydrogen-bond acceptors (Lipinski definition) is 4. The summed E-state index contributed by atoms with van der Waals surface area (Å²) in [7, 11) is 1.58. The fourth-order valence-electron chi connectivity index (χ4n) is 1.51. The van der Waals surface area contributed by atoms with E-state index in [2.05, 4.69) is 5.32 Å². The number of carbonyl (C=O) groups is 1. The summed E-state index contributed by atoms with van der Waals surface area (Å²) in [5, 5.41) is 12.3. The predicted octanol–water partition coefficient (Wildman–Crippen LogP) is 1.27. The third-order valence-corrected chi connectivity index (χ3v) is 2.65. The lowest BCUT2D eigenvalue weighted by Gasteiger charge is -2.10. The van der Waals surface area contributed by atoms with Crippen LogP contribution in [0.1, 0.15) is 25.0 Å². The predicted molar refractivity (Wildman–Crippen MR) is 72.1 cm³/mol. The van der Waals surface area contributed by atoms with Gasteiger partial charge in [-0.1, -0.05) is 19.1 Å². The highest BCUT2D eigenvalue weighted by molar-refractivity contribution is 5.77. The number of methoxy groups -OCH3 is 1.